The number of nitrogens with zero attached hydrogens (tertiary/aromatic N) is 3. The van der Waals surface area contributed by atoms with Gasteiger partial charge in [-0.25, -0.2) is 0 Å². The van der Waals surface area contributed by atoms with E-state index >= 15 is 0 Å². The molecule has 0 amide bonds. The number of aryl methyl sites for hydroxylation is 3. The predicted octanol–water partition coefficient (Wildman–Crippen LogP) is 1.90. The van der Waals surface area contributed by atoms with E-state index in [9.17, 15) is 4.79 Å². The zero-order valence-corrected chi connectivity index (χ0v) is 10.8. The lowest BCUT2D eigenvalue weighted by Gasteiger charge is -2.06. The normalized spacial score (nSPS) is 10.8. The molecule has 0 aliphatic rings. The van der Waals surface area contributed by atoms with Gasteiger partial charge in [0.1, 0.15) is 0 Å². The van der Waals surface area contributed by atoms with E-state index in [-0.39, 0.29) is 5.56 Å². The Balaban J connectivity index is 2.41. The standard InChI is InChI=1S/C12H14ClN3O/c1-8-4-5-16(11(17)6-8)7-10-12(13)9(2)14-15(10)3/h4-6H,7H2,1-3H3. The van der Waals surface area contributed by atoms with E-state index in [1.165, 1.54) is 0 Å². The van der Waals surface area contributed by atoms with Crippen molar-refractivity contribution in [1.29, 1.82) is 0 Å². The molecule has 0 saturated heterocycles. The predicted molar refractivity (Wildman–Crippen MR) is 67.5 cm³/mol. The SMILES string of the molecule is Cc1ccn(Cc2c(Cl)c(C)nn2C)c(=O)c1. The van der Waals surface area contributed by atoms with Crippen molar-refractivity contribution in [1.82, 2.24) is 14.3 Å². The van der Waals surface area contributed by atoms with Crippen LogP contribution in [0.15, 0.2) is 23.1 Å². The van der Waals surface area contributed by atoms with Gasteiger partial charge >= 0.3 is 0 Å². The van der Waals surface area contributed by atoms with Gasteiger partial charge in [0.25, 0.3) is 5.56 Å². The lowest BCUT2D eigenvalue weighted by molar-refractivity contribution is 0.651. The molecule has 0 fully saturated rings. The summed E-state index contributed by atoms with van der Waals surface area (Å²) < 4.78 is 3.33. The molecule has 4 nitrogen and oxygen atoms in total. The molecular formula is C12H14ClN3O. The van der Waals surface area contributed by atoms with Gasteiger partial charge in [-0.15, -0.1) is 0 Å². The zero-order chi connectivity index (χ0) is 12.6. The van der Waals surface area contributed by atoms with Gasteiger partial charge < -0.3 is 4.57 Å². The van der Waals surface area contributed by atoms with Crippen LogP contribution in [-0.2, 0) is 13.6 Å². The molecule has 2 aromatic rings. The minimum absolute atomic E-state index is 0.0279. The summed E-state index contributed by atoms with van der Waals surface area (Å²) in [6.45, 7) is 4.19. The number of hydrogen-bond acceptors (Lipinski definition) is 2. The molecule has 0 aromatic carbocycles. The maximum absolute atomic E-state index is 11.8. The molecule has 0 unspecified atom stereocenters. The third-order valence-corrected chi connectivity index (χ3v) is 3.22. The first-order valence-corrected chi connectivity index (χ1v) is 5.72. The third kappa shape index (κ3) is 2.26. The van der Waals surface area contributed by atoms with Crippen molar-refractivity contribution in [3.05, 3.63) is 50.7 Å². The van der Waals surface area contributed by atoms with Gasteiger partial charge in [0, 0.05) is 19.3 Å². The zero-order valence-electron chi connectivity index (χ0n) is 10.1. The van der Waals surface area contributed by atoms with E-state index < -0.39 is 0 Å². The summed E-state index contributed by atoms with van der Waals surface area (Å²) in [4.78, 5) is 11.8. The highest BCUT2D eigenvalue weighted by molar-refractivity contribution is 6.31. The second kappa shape index (κ2) is 4.37. The molecule has 0 N–H and O–H groups in total. The average molecular weight is 252 g/mol. The maximum Gasteiger partial charge on any atom is 0.251 e. The van der Waals surface area contributed by atoms with Crippen LogP contribution >= 0.6 is 11.6 Å². The minimum atomic E-state index is -0.0279. The van der Waals surface area contributed by atoms with Crippen LogP contribution < -0.4 is 5.56 Å². The number of rotatable bonds is 2. The van der Waals surface area contributed by atoms with E-state index in [0.29, 0.717) is 11.6 Å². The maximum atomic E-state index is 11.8. The first-order chi connectivity index (χ1) is 7.99. The van der Waals surface area contributed by atoms with E-state index in [0.717, 1.165) is 17.0 Å². The Labute approximate surface area is 104 Å². The van der Waals surface area contributed by atoms with Gasteiger partial charge in [-0.05, 0) is 25.5 Å². The summed E-state index contributed by atoms with van der Waals surface area (Å²) in [5, 5.41) is 4.85. The van der Waals surface area contributed by atoms with E-state index in [2.05, 4.69) is 5.10 Å². The molecule has 0 radical (unpaired) electrons. The number of aromatic nitrogens is 3. The van der Waals surface area contributed by atoms with Gasteiger partial charge in [0.2, 0.25) is 0 Å². The monoisotopic (exact) mass is 251 g/mol. The molecule has 0 spiro atoms. The van der Waals surface area contributed by atoms with Crippen LogP contribution in [0.1, 0.15) is 17.0 Å². The average Bonchev–Trinajstić information content (AvgIpc) is 2.48. The lowest BCUT2D eigenvalue weighted by atomic mass is 10.3. The molecule has 0 aliphatic carbocycles. The summed E-state index contributed by atoms with van der Waals surface area (Å²) in [5.41, 5.74) is 2.55. The fourth-order valence-electron chi connectivity index (χ4n) is 1.75. The number of halogens is 1. The molecule has 0 saturated carbocycles. The molecule has 2 rings (SSSR count). The molecule has 90 valence electrons. The molecule has 5 heteroatoms. The molecule has 2 heterocycles. The summed E-state index contributed by atoms with van der Waals surface area (Å²) in [6, 6.07) is 3.51. The summed E-state index contributed by atoms with van der Waals surface area (Å²) in [6.07, 6.45) is 1.77. The summed E-state index contributed by atoms with van der Waals surface area (Å²) in [7, 11) is 1.83. The fraction of sp³-hybridized carbons (Fsp3) is 0.333. The van der Waals surface area contributed by atoms with Crippen molar-refractivity contribution >= 4 is 11.6 Å². The van der Waals surface area contributed by atoms with E-state index in [1.807, 2.05) is 27.0 Å². The Kier molecular flexibility index (Phi) is 3.07. The highest BCUT2D eigenvalue weighted by Gasteiger charge is 2.11. The molecule has 0 atom stereocenters. The van der Waals surface area contributed by atoms with E-state index in [4.69, 9.17) is 11.6 Å². The molecule has 17 heavy (non-hydrogen) atoms. The first kappa shape index (κ1) is 11.9. The summed E-state index contributed by atoms with van der Waals surface area (Å²) >= 11 is 6.15. The fourth-order valence-corrected chi connectivity index (χ4v) is 1.97. The third-order valence-electron chi connectivity index (χ3n) is 2.73. The Hall–Kier alpha value is -1.55. The Morgan fingerprint density at radius 3 is 2.65 bits per heavy atom. The Morgan fingerprint density at radius 2 is 2.12 bits per heavy atom. The highest BCUT2D eigenvalue weighted by Crippen LogP contribution is 2.19. The molecule has 2 aromatic heterocycles. The largest absolute Gasteiger partial charge is 0.309 e. The van der Waals surface area contributed by atoms with Crippen LogP contribution in [0.3, 0.4) is 0 Å². The highest BCUT2D eigenvalue weighted by atomic mass is 35.5. The van der Waals surface area contributed by atoms with Crippen LogP contribution in [0.5, 0.6) is 0 Å². The van der Waals surface area contributed by atoms with Gasteiger partial charge in [-0.2, -0.15) is 5.10 Å². The van der Waals surface area contributed by atoms with Crippen molar-refractivity contribution in [2.24, 2.45) is 7.05 Å². The molecular weight excluding hydrogens is 238 g/mol. The second-order valence-electron chi connectivity index (χ2n) is 4.14. The van der Waals surface area contributed by atoms with Crippen LogP contribution in [0.2, 0.25) is 5.02 Å². The van der Waals surface area contributed by atoms with Crippen molar-refractivity contribution in [2.75, 3.05) is 0 Å². The minimum Gasteiger partial charge on any atom is -0.309 e. The van der Waals surface area contributed by atoms with Crippen LogP contribution in [0, 0.1) is 13.8 Å². The van der Waals surface area contributed by atoms with E-state index in [1.54, 1.807) is 21.5 Å². The number of pyridine rings is 1. The van der Waals surface area contributed by atoms with Crippen molar-refractivity contribution in [3.63, 3.8) is 0 Å². The van der Waals surface area contributed by atoms with Crippen LogP contribution in [-0.4, -0.2) is 14.3 Å². The van der Waals surface area contributed by atoms with Crippen LogP contribution in [0.4, 0.5) is 0 Å². The lowest BCUT2D eigenvalue weighted by Crippen LogP contribution is -2.20. The van der Waals surface area contributed by atoms with Gasteiger partial charge in [0.05, 0.1) is 23.0 Å². The van der Waals surface area contributed by atoms with Gasteiger partial charge in [0.15, 0.2) is 0 Å². The van der Waals surface area contributed by atoms with Gasteiger partial charge in [-0.3, -0.25) is 9.48 Å². The smallest absolute Gasteiger partial charge is 0.251 e. The molecule has 0 aliphatic heterocycles. The summed E-state index contributed by atoms with van der Waals surface area (Å²) in [5.74, 6) is 0. The Bertz CT molecular complexity index is 613. The second-order valence-corrected chi connectivity index (χ2v) is 4.52. The van der Waals surface area contributed by atoms with Crippen molar-refractivity contribution in [2.45, 2.75) is 20.4 Å². The Morgan fingerprint density at radius 1 is 1.41 bits per heavy atom. The van der Waals surface area contributed by atoms with Crippen molar-refractivity contribution in [3.8, 4) is 0 Å². The van der Waals surface area contributed by atoms with Crippen LogP contribution in [0.25, 0.3) is 0 Å². The van der Waals surface area contributed by atoms with Crippen molar-refractivity contribution < 1.29 is 0 Å². The topological polar surface area (TPSA) is 39.8 Å². The molecule has 0 bridgehead atoms. The number of hydrogen-bond donors (Lipinski definition) is 0. The first-order valence-electron chi connectivity index (χ1n) is 5.34. The quantitative estimate of drug-likeness (QED) is 0.818. The van der Waals surface area contributed by atoms with Gasteiger partial charge in [-0.1, -0.05) is 11.6 Å².